The maximum Gasteiger partial charge on any atom is 0.337 e. The lowest BCUT2D eigenvalue weighted by atomic mass is 9.44. The van der Waals surface area contributed by atoms with Gasteiger partial charge in [0.1, 0.15) is 23.9 Å². The summed E-state index contributed by atoms with van der Waals surface area (Å²) in [4.78, 5) is 52.8. The highest BCUT2D eigenvalue weighted by Crippen LogP contribution is 2.62. The van der Waals surface area contributed by atoms with Gasteiger partial charge in [0.25, 0.3) is 0 Å². The van der Waals surface area contributed by atoms with Crippen LogP contribution in [0.3, 0.4) is 0 Å². The van der Waals surface area contributed by atoms with Gasteiger partial charge in [-0.05, 0) is 56.1 Å². The first-order valence-electron chi connectivity index (χ1n) is 16.7. The Balaban J connectivity index is 1.87. The Morgan fingerprint density at radius 2 is 1.62 bits per heavy atom. The molecule has 0 aromatic heterocycles. The molecule has 0 saturated heterocycles. The van der Waals surface area contributed by atoms with E-state index in [1.165, 1.54) is 34.6 Å². The Labute approximate surface area is 275 Å². The third-order valence-electron chi connectivity index (χ3n) is 12.2. The highest BCUT2D eigenvalue weighted by molar-refractivity contribution is 5.93. The van der Waals surface area contributed by atoms with Gasteiger partial charge in [-0.1, -0.05) is 40.0 Å². The first-order valence-corrected chi connectivity index (χ1v) is 16.7. The fourth-order valence-electron chi connectivity index (χ4n) is 9.30. The number of Topliss-reactive ketones (excluding diaryl/α,β-unsaturated/α-hetero) is 1. The molecule has 0 aromatic carbocycles. The Bertz CT molecular complexity index is 1290. The summed E-state index contributed by atoms with van der Waals surface area (Å²) in [6.07, 6.45) is -4.79. The average molecular weight is 668 g/mol. The molecule has 7 N–H and O–H groups in total. The SMILES string of the molecule is CC(=O)N[C@@H](C1CCCCC1)[C@@H](O)C(=O)O[C@H]1C[C@@]2(O)[C@@H](OC(C)=O)[C@@H]3[C@](O)(CO)[C@H](C)C[C@H](O)[C@@]3(C)C(=O)[C@H](O)C(=C1C)C2(C)C. The van der Waals surface area contributed by atoms with Crippen LogP contribution in [-0.4, -0.2) is 109 Å². The third kappa shape index (κ3) is 5.94. The lowest BCUT2D eigenvalue weighted by Gasteiger charge is -2.64. The molecule has 266 valence electrons. The average Bonchev–Trinajstić information content (AvgIpc) is 2.99. The van der Waals surface area contributed by atoms with Crippen LogP contribution in [0.4, 0.5) is 0 Å². The number of carbonyl (C=O) groups excluding carboxylic acids is 4. The number of fused-ring (bicyclic) bond motifs is 3. The van der Waals surface area contributed by atoms with Crippen molar-refractivity contribution in [1.29, 1.82) is 0 Å². The van der Waals surface area contributed by atoms with Crippen LogP contribution in [0.2, 0.25) is 0 Å². The van der Waals surface area contributed by atoms with Crippen LogP contribution < -0.4 is 5.32 Å². The number of ether oxygens (including phenoxy) is 2. The van der Waals surface area contributed by atoms with Gasteiger partial charge in [0.2, 0.25) is 5.91 Å². The van der Waals surface area contributed by atoms with Gasteiger partial charge in [0.15, 0.2) is 11.9 Å². The van der Waals surface area contributed by atoms with Gasteiger partial charge >= 0.3 is 11.9 Å². The van der Waals surface area contributed by atoms with Gasteiger partial charge in [-0.2, -0.15) is 0 Å². The minimum Gasteiger partial charge on any atom is -0.459 e. The van der Waals surface area contributed by atoms with Crippen LogP contribution in [0.1, 0.15) is 93.4 Å². The summed E-state index contributed by atoms with van der Waals surface area (Å²) >= 11 is 0. The summed E-state index contributed by atoms with van der Waals surface area (Å²) in [6, 6.07) is -0.937. The predicted octanol–water partition coefficient (Wildman–Crippen LogP) is 0.444. The van der Waals surface area contributed by atoms with E-state index >= 15 is 0 Å². The maximum absolute atomic E-state index is 14.4. The summed E-state index contributed by atoms with van der Waals surface area (Å²) in [5.41, 5.74) is -7.81. The fourth-order valence-corrected chi connectivity index (χ4v) is 9.30. The predicted molar refractivity (Wildman–Crippen MR) is 166 cm³/mol. The van der Waals surface area contributed by atoms with E-state index in [0.717, 1.165) is 26.2 Å². The Hall–Kier alpha value is -2.42. The van der Waals surface area contributed by atoms with Crippen LogP contribution >= 0.6 is 0 Å². The second-order valence-corrected chi connectivity index (χ2v) is 15.2. The van der Waals surface area contributed by atoms with E-state index in [2.05, 4.69) is 5.32 Å². The van der Waals surface area contributed by atoms with E-state index in [-0.39, 0.29) is 23.5 Å². The fraction of sp³-hybridized carbons (Fsp3) is 0.824. The number of ketones is 1. The molecule has 2 bridgehead atoms. The largest absolute Gasteiger partial charge is 0.459 e. The van der Waals surface area contributed by atoms with Crippen molar-refractivity contribution >= 4 is 23.6 Å². The normalized spacial score (nSPS) is 40.3. The molecule has 0 aromatic rings. The monoisotopic (exact) mass is 667 g/mol. The molecule has 0 spiro atoms. The van der Waals surface area contributed by atoms with E-state index in [0.29, 0.717) is 12.8 Å². The van der Waals surface area contributed by atoms with Gasteiger partial charge in [-0.3, -0.25) is 14.4 Å². The standard InChI is InChI=1S/C34H53NO12/c1-16-13-22(39)32(7)27(33(16,44)15-36)29(46-19(4)38)34(45)14-21(17(2)23(31(34,5)6)25(40)28(32)42)47-30(43)26(41)24(35-18(3)37)20-11-9-8-10-12-20/h16,20-22,24-27,29,36,39-41,44-45H,8-15H2,1-7H3,(H,35,37)/t16-,21+,22+,24+,25-,26-,27+,29+,32-,33+,34-/m1/s1. The molecule has 13 heteroatoms. The molecule has 11 atom stereocenters. The zero-order valence-corrected chi connectivity index (χ0v) is 28.5. The zero-order chi connectivity index (χ0) is 35.4. The van der Waals surface area contributed by atoms with E-state index in [9.17, 15) is 49.8 Å². The summed E-state index contributed by atoms with van der Waals surface area (Å²) in [5.74, 6) is -5.99. The van der Waals surface area contributed by atoms with E-state index in [1.54, 1.807) is 6.92 Å². The van der Waals surface area contributed by atoms with Crippen molar-refractivity contribution < 1.29 is 59.3 Å². The van der Waals surface area contributed by atoms with E-state index in [1.807, 2.05) is 0 Å². The van der Waals surface area contributed by atoms with Crippen molar-refractivity contribution in [2.45, 2.75) is 141 Å². The van der Waals surface area contributed by atoms with Crippen molar-refractivity contribution in [1.82, 2.24) is 5.32 Å². The first kappa shape index (κ1) is 37.4. The molecule has 3 fully saturated rings. The van der Waals surface area contributed by atoms with Crippen molar-refractivity contribution in [2.75, 3.05) is 6.61 Å². The number of amides is 1. The van der Waals surface area contributed by atoms with E-state index in [4.69, 9.17) is 9.47 Å². The van der Waals surface area contributed by atoms with Crippen molar-refractivity contribution in [3.8, 4) is 0 Å². The van der Waals surface area contributed by atoms with Crippen LogP contribution in [0.5, 0.6) is 0 Å². The molecule has 1 amide bonds. The topological polar surface area (TPSA) is 220 Å². The molecule has 4 aliphatic rings. The molecular weight excluding hydrogens is 614 g/mol. The Morgan fingerprint density at radius 1 is 1.02 bits per heavy atom. The van der Waals surface area contributed by atoms with Gasteiger partial charge in [0, 0.05) is 31.6 Å². The molecule has 3 saturated carbocycles. The van der Waals surface area contributed by atoms with E-state index < -0.39 is 107 Å². The highest BCUT2D eigenvalue weighted by atomic mass is 16.6. The van der Waals surface area contributed by atoms with Crippen molar-refractivity contribution in [2.24, 2.45) is 28.6 Å². The number of aliphatic hydroxyl groups is 6. The van der Waals surface area contributed by atoms with Crippen molar-refractivity contribution in [3.05, 3.63) is 11.1 Å². The molecule has 0 unspecified atom stereocenters. The Kier molecular flexibility index (Phi) is 10.4. The Morgan fingerprint density at radius 3 is 2.15 bits per heavy atom. The molecule has 0 radical (unpaired) electrons. The molecule has 13 nitrogen and oxygen atoms in total. The quantitative estimate of drug-likeness (QED) is 0.145. The molecule has 4 aliphatic carbocycles. The number of hydrogen-bond donors (Lipinski definition) is 7. The van der Waals surface area contributed by atoms with Gasteiger partial charge in [0.05, 0.1) is 29.8 Å². The van der Waals surface area contributed by atoms with Crippen molar-refractivity contribution in [3.63, 3.8) is 0 Å². The molecule has 0 heterocycles. The third-order valence-corrected chi connectivity index (χ3v) is 12.2. The second-order valence-electron chi connectivity index (χ2n) is 15.2. The first-order chi connectivity index (χ1) is 21.7. The second kappa shape index (κ2) is 13.1. The van der Waals surface area contributed by atoms with Gasteiger partial charge < -0.3 is 45.4 Å². The number of carbonyl (C=O) groups is 4. The van der Waals surface area contributed by atoms with Crippen LogP contribution in [-0.2, 0) is 28.7 Å². The number of hydrogen-bond acceptors (Lipinski definition) is 12. The molecule has 4 rings (SSSR count). The molecule has 0 aliphatic heterocycles. The maximum atomic E-state index is 14.4. The smallest absolute Gasteiger partial charge is 0.337 e. The van der Waals surface area contributed by atoms with Gasteiger partial charge in [-0.25, -0.2) is 4.79 Å². The number of esters is 2. The number of rotatable bonds is 7. The summed E-state index contributed by atoms with van der Waals surface area (Å²) in [5, 5.41) is 72.7. The minimum atomic E-state index is -2.27. The van der Waals surface area contributed by atoms with Crippen LogP contribution in [0, 0.1) is 28.6 Å². The number of aliphatic hydroxyl groups excluding tert-OH is 4. The molecular formula is C34H53NO12. The zero-order valence-electron chi connectivity index (χ0n) is 28.5. The summed E-state index contributed by atoms with van der Waals surface area (Å²) < 4.78 is 11.6. The van der Waals surface area contributed by atoms with Crippen LogP contribution in [0.15, 0.2) is 11.1 Å². The highest BCUT2D eigenvalue weighted by Gasteiger charge is 2.73. The lowest BCUT2D eigenvalue weighted by Crippen LogP contribution is -2.76. The van der Waals surface area contributed by atoms with Crippen LogP contribution in [0.25, 0.3) is 0 Å². The number of nitrogens with one attached hydrogen (secondary N) is 1. The van der Waals surface area contributed by atoms with Gasteiger partial charge in [-0.15, -0.1) is 0 Å². The summed E-state index contributed by atoms with van der Waals surface area (Å²) in [7, 11) is 0. The lowest BCUT2D eigenvalue weighted by molar-refractivity contribution is -0.280. The molecule has 47 heavy (non-hydrogen) atoms. The summed E-state index contributed by atoms with van der Waals surface area (Å²) in [6.45, 7) is 8.91. The minimum absolute atomic E-state index is 0.0237.